The van der Waals surface area contributed by atoms with Crippen LogP contribution in [0, 0.1) is 6.92 Å². The molecule has 0 spiro atoms. The van der Waals surface area contributed by atoms with Gasteiger partial charge in [0, 0.05) is 25.6 Å². The Kier molecular flexibility index (Phi) is 5.60. The lowest BCUT2D eigenvalue weighted by Gasteiger charge is -2.36. The number of aryl methyl sites for hydroxylation is 2. The lowest BCUT2D eigenvalue weighted by molar-refractivity contribution is -0.134. The molecule has 2 rings (SSSR count). The van der Waals surface area contributed by atoms with E-state index in [-0.39, 0.29) is 0 Å². The van der Waals surface area contributed by atoms with Gasteiger partial charge in [-0.3, -0.25) is 4.79 Å². The molecule has 110 valence electrons. The summed E-state index contributed by atoms with van der Waals surface area (Å²) in [6.45, 7) is 3.96. The second-order valence-corrected chi connectivity index (χ2v) is 5.72. The van der Waals surface area contributed by atoms with Crippen LogP contribution < -0.4 is 5.32 Å². The molecule has 1 fully saturated rings. The van der Waals surface area contributed by atoms with Crippen LogP contribution in [0.2, 0.25) is 0 Å². The van der Waals surface area contributed by atoms with Crippen molar-refractivity contribution in [2.24, 2.45) is 0 Å². The van der Waals surface area contributed by atoms with Crippen LogP contribution in [-0.2, 0) is 11.2 Å². The molecule has 20 heavy (non-hydrogen) atoms. The van der Waals surface area contributed by atoms with Crippen molar-refractivity contribution in [2.75, 3.05) is 20.1 Å². The molecule has 1 aromatic carbocycles. The normalized spacial score (nSPS) is 19.1. The van der Waals surface area contributed by atoms with Crippen LogP contribution >= 0.6 is 0 Å². The molecule has 1 aliphatic rings. The number of hydrogen-bond acceptors (Lipinski definition) is 2. The second kappa shape index (κ2) is 7.44. The molecule has 1 aromatic rings. The van der Waals surface area contributed by atoms with Gasteiger partial charge in [-0.05, 0) is 50.8 Å². The minimum atomic E-state index is 0.313. The van der Waals surface area contributed by atoms with E-state index in [1.807, 2.05) is 13.1 Å². The number of likely N-dealkylation sites (tertiary alicyclic amines) is 1. The largest absolute Gasteiger partial charge is 0.338 e. The second-order valence-electron chi connectivity index (χ2n) is 5.72. The first-order valence-electron chi connectivity index (χ1n) is 7.71. The number of carbonyl (C=O) groups excluding carboxylic acids is 1. The number of rotatable bonds is 5. The zero-order chi connectivity index (χ0) is 14.4. The van der Waals surface area contributed by atoms with Crippen molar-refractivity contribution in [1.29, 1.82) is 0 Å². The molecule has 0 radical (unpaired) electrons. The fourth-order valence-electron chi connectivity index (χ4n) is 3.05. The van der Waals surface area contributed by atoms with Gasteiger partial charge in [-0.2, -0.15) is 0 Å². The van der Waals surface area contributed by atoms with Crippen molar-refractivity contribution in [2.45, 2.75) is 45.1 Å². The van der Waals surface area contributed by atoms with Gasteiger partial charge in [0.15, 0.2) is 0 Å². The van der Waals surface area contributed by atoms with E-state index < -0.39 is 0 Å². The van der Waals surface area contributed by atoms with Crippen molar-refractivity contribution < 1.29 is 4.79 Å². The number of piperidine rings is 1. The Labute approximate surface area is 122 Å². The minimum absolute atomic E-state index is 0.313. The Morgan fingerprint density at radius 1 is 1.35 bits per heavy atom. The smallest absolute Gasteiger partial charge is 0.223 e. The summed E-state index contributed by atoms with van der Waals surface area (Å²) in [5, 5.41) is 3.21. The quantitative estimate of drug-likeness (QED) is 0.895. The third-order valence-corrected chi connectivity index (χ3v) is 4.26. The molecule has 1 N–H and O–H groups in total. The standard InChI is InChI=1S/C17H26N2O/c1-14-7-3-4-8-15(14)10-11-17(20)19-12-6-5-9-16(19)13-18-2/h3-4,7-8,16,18H,5-6,9-13H2,1-2H3. The highest BCUT2D eigenvalue weighted by molar-refractivity contribution is 5.77. The van der Waals surface area contributed by atoms with Crippen molar-refractivity contribution in [3.63, 3.8) is 0 Å². The Morgan fingerprint density at radius 3 is 2.90 bits per heavy atom. The lowest BCUT2D eigenvalue weighted by Crippen LogP contribution is -2.48. The van der Waals surface area contributed by atoms with Gasteiger partial charge < -0.3 is 10.2 Å². The molecule has 1 amide bonds. The highest BCUT2D eigenvalue weighted by Gasteiger charge is 2.25. The van der Waals surface area contributed by atoms with E-state index >= 15 is 0 Å². The number of likely N-dealkylation sites (N-methyl/N-ethyl adjacent to an activating group) is 1. The van der Waals surface area contributed by atoms with E-state index in [0.717, 1.165) is 32.4 Å². The van der Waals surface area contributed by atoms with Gasteiger partial charge in [-0.15, -0.1) is 0 Å². The monoisotopic (exact) mass is 274 g/mol. The molecule has 3 nitrogen and oxygen atoms in total. The average Bonchev–Trinajstić information content (AvgIpc) is 2.47. The fourth-order valence-corrected chi connectivity index (χ4v) is 3.05. The zero-order valence-electron chi connectivity index (χ0n) is 12.7. The predicted octanol–water partition coefficient (Wildman–Crippen LogP) is 2.53. The first-order chi connectivity index (χ1) is 9.72. The first-order valence-corrected chi connectivity index (χ1v) is 7.71. The molecule has 0 saturated carbocycles. The maximum Gasteiger partial charge on any atom is 0.223 e. The Hall–Kier alpha value is -1.35. The molecule has 0 aromatic heterocycles. The SMILES string of the molecule is CNCC1CCCCN1C(=O)CCc1ccccc1C. The van der Waals surface area contributed by atoms with E-state index in [2.05, 4.69) is 35.3 Å². The van der Waals surface area contributed by atoms with E-state index in [0.29, 0.717) is 18.4 Å². The van der Waals surface area contributed by atoms with Crippen LogP contribution in [0.4, 0.5) is 0 Å². The van der Waals surface area contributed by atoms with Crippen LogP contribution in [0.25, 0.3) is 0 Å². The molecule has 1 heterocycles. The number of carbonyl (C=O) groups is 1. The molecule has 0 bridgehead atoms. The summed E-state index contributed by atoms with van der Waals surface area (Å²) < 4.78 is 0. The Morgan fingerprint density at radius 2 is 2.15 bits per heavy atom. The summed E-state index contributed by atoms with van der Waals surface area (Å²) in [5.41, 5.74) is 2.58. The van der Waals surface area contributed by atoms with Gasteiger partial charge in [0.05, 0.1) is 0 Å². The number of hydrogen-bond donors (Lipinski definition) is 1. The van der Waals surface area contributed by atoms with E-state index in [1.54, 1.807) is 0 Å². The van der Waals surface area contributed by atoms with Crippen LogP contribution in [0.3, 0.4) is 0 Å². The van der Waals surface area contributed by atoms with Crippen LogP contribution in [0.1, 0.15) is 36.8 Å². The molecule has 0 aliphatic carbocycles. The maximum atomic E-state index is 12.5. The van der Waals surface area contributed by atoms with Gasteiger partial charge >= 0.3 is 0 Å². The highest BCUT2D eigenvalue weighted by Crippen LogP contribution is 2.18. The highest BCUT2D eigenvalue weighted by atomic mass is 16.2. The molecular formula is C17H26N2O. The van der Waals surface area contributed by atoms with Gasteiger partial charge in [-0.25, -0.2) is 0 Å². The first kappa shape index (κ1) is 15.0. The fraction of sp³-hybridized carbons (Fsp3) is 0.588. The summed E-state index contributed by atoms with van der Waals surface area (Å²) >= 11 is 0. The molecule has 3 heteroatoms. The molecule has 1 unspecified atom stereocenters. The maximum absolute atomic E-state index is 12.5. The summed E-state index contributed by atoms with van der Waals surface area (Å²) in [5.74, 6) is 0.313. The number of benzene rings is 1. The van der Waals surface area contributed by atoms with Crippen molar-refractivity contribution in [3.05, 3.63) is 35.4 Å². The minimum Gasteiger partial charge on any atom is -0.338 e. The number of amides is 1. The van der Waals surface area contributed by atoms with E-state index in [4.69, 9.17) is 0 Å². The van der Waals surface area contributed by atoms with Gasteiger partial charge in [0.1, 0.15) is 0 Å². The average molecular weight is 274 g/mol. The van der Waals surface area contributed by atoms with Gasteiger partial charge in [0.2, 0.25) is 5.91 Å². The molecule has 1 aliphatic heterocycles. The summed E-state index contributed by atoms with van der Waals surface area (Å²) in [6.07, 6.45) is 5.01. The number of nitrogens with one attached hydrogen (secondary N) is 1. The van der Waals surface area contributed by atoms with Gasteiger partial charge in [-0.1, -0.05) is 24.3 Å². The van der Waals surface area contributed by atoms with E-state index in [9.17, 15) is 4.79 Å². The van der Waals surface area contributed by atoms with E-state index in [1.165, 1.54) is 17.5 Å². The molecular weight excluding hydrogens is 248 g/mol. The third-order valence-electron chi connectivity index (χ3n) is 4.26. The third kappa shape index (κ3) is 3.83. The lowest BCUT2D eigenvalue weighted by atomic mass is 9.99. The molecule has 1 atom stereocenters. The zero-order valence-corrected chi connectivity index (χ0v) is 12.7. The van der Waals surface area contributed by atoms with Crippen molar-refractivity contribution in [3.8, 4) is 0 Å². The summed E-state index contributed by atoms with van der Waals surface area (Å²) in [6, 6.07) is 8.73. The Balaban J connectivity index is 1.91. The van der Waals surface area contributed by atoms with Crippen LogP contribution in [-0.4, -0.2) is 37.0 Å². The topological polar surface area (TPSA) is 32.3 Å². The summed E-state index contributed by atoms with van der Waals surface area (Å²) in [7, 11) is 1.96. The van der Waals surface area contributed by atoms with Crippen molar-refractivity contribution in [1.82, 2.24) is 10.2 Å². The number of nitrogens with zero attached hydrogens (tertiary/aromatic N) is 1. The molecule has 1 saturated heterocycles. The van der Waals surface area contributed by atoms with Crippen LogP contribution in [0.15, 0.2) is 24.3 Å². The predicted molar refractivity (Wildman–Crippen MR) is 82.8 cm³/mol. The van der Waals surface area contributed by atoms with Crippen LogP contribution in [0.5, 0.6) is 0 Å². The van der Waals surface area contributed by atoms with Crippen molar-refractivity contribution >= 4 is 5.91 Å². The Bertz CT molecular complexity index is 442. The van der Waals surface area contributed by atoms with Gasteiger partial charge in [0.25, 0.3) is 0 Å². The summed E-state index contributed by atoms with van der Waals surface area (Å²) in [4.78, 5) is 14.6.